The lowest BCUT2D eigenvalue weighted by molar-refractivity contribution is -0.141. The first-order valence-corrected chi connectivity index (χ1v) is 10.5. The highest BCUT2D eigenvalue weighted by molar-refractivity contribution is 5.84. The minimum Gasteiger partial charge on any atom is -0.377 e. The molecule has 29 heavy (non-hydrogen) atoms. The predicted octanol–water partition coefficient (Wildman–Crippen LogP) is 2.83. The number of carbonyl (C=O) groups excluding carboxylic acids is 1. The average Bonchev–Trinajstić information content (AvgIpc) is 3.19. The number of aromatic nitrogens is 2. The smallest absolute Gasteiger partial charge is 0.240 e. The zero-order chi connectivity index (χ0) is 20.3. The third-order valence-electron chi connectivity index (χ3n) is 6.42. The van der Waals surface area contributed by atoms with Crippen LogP contribution in [0.1, 0.15) is 49.4 Å². The highest BCUT2D eigenvalue weighted by Crippen LogP contribution is 2.45. The van der Waals surface area contributed by atoms with Gasteiger partial charge >= 0.3 is 0 Å². The topological polar surface area (TPSA) is 71.7 Å². The van der Waals surface area contributed by atoms with Crippen LogP contribution in [0.2, 0.25) is 0 Å². The Bertz CT molecular complexity index is 814. The van der Waals surface area contributed by atoms with E-state index in [1.165, 1.54) is 0 Å². The van der Waals surface area contributed by atoms with Crippen LogP contribution in [0.4, 0.5) is 0 Å². The fourth-order valence-electron chi connectivity index (χ4n) is 4.78. The van der Waals surface area contributed by atoms with E-state index in [2.05, 4.69) is 39.0 Å². The van der Waals surface area contributed by atoms with Crippen molar-refractivity contribution in [3.63, 3.8) is 0 Å². The third kappa shape index (κ3) is 4.36. The van der Waals surface area contributed by atoms with Crippen LogP contribution >= 0.6 is 0 Å². The molecule has 2 aliphatic heterocycles. The molecule has 156 valence electrons. The molecule has 1 atom stereocenters. The van der Waals surface area contributed by atoms with Crippen LogP contribution in [-0.4, -0.2) is 59.1 Å². The van der Waals surface area contributed by atoms with Gasteiger partial charge in [0.15, 0.2) is 5.82 Å². The number of benzene rings is 1. The summed E-state index contributed by atoms with van der Waals surface area (Å²) < 4.78 is 10.4. The maximum Gasteiger partial charge on any atom is 0.240 e. The monoisotopic (exact) mass is 398 g/mol. The molecule has 2 aromatic rings. The van der Waals surface area contributed by atoms with Crippen LogP contribution in [0.3, 0.4) is 0 Å². The van der Waals surface area contributed by atoms with Crippen LogP contribution in [0, 0.1) is 5.41 Å². The average molecular weight is 399 g/mol. The predicted molar refractivity (Wildman–Crippen MR) is 108 cm³/mol. The molecule has 1 unspecified atom stereocenters. The number of hydrogen-bond donors (Lipinski definition) is 0. The lowest BCUT2D eigenvalue weighted by Crippen LogP contribution is -2.53. The van der Waals surface area contributed by atoms with E-state index in [1.807, 2.05) is 18.2 Å². The van der Waals surface area contributed by atoms with Crippen molar-refractivity contribution >= 4 is 5.91 Å². The number of likely N-dealkylation sites (N-methyl/N-ethyl adjacent to an activating group) is 1. The summed E-state index contributed by atoms with van der Waals surface area (Å²) in [7, 11) is 1.62. The van der Waals surface area contributed by atoms with Gasteiger partial charge in [0.05, 0.1) is 12.5 Å². The molecule has 3 heterocycles. The maximum atomic E-state index is 13.0. The van der Waals surface area contributed by atoms with E-state index < -0.39 is 0 Å². The first-order valence-electron chi connectivity index (χ1n) is 10.5. The fourth-order valence-corrected chi connectivity index (χ4v) is 4.78. The summed E-state index contributed by atoms with van der Waals surface area (Å²) in [6.07, 6.45) is 3.11. The highest BCUT2D eigenvalue weighted by atomic mass is 16.5. The van der Waals surface area contributed by atoms with Crippen molar-refractivity contribution in [2.45, 2.75) is 45.3 Å². The number of carbonyl (C=O) groups is 1. The number of hydrogen-bond acceptors (Lipinski definition) is 6. The van der Waals surface area contributed by atoms with E-state index >= 15 is 0 Å². The zero-order valence-corrected chi connectivity index (χ0v) is 17.3. The standard InChI is InChI=1S/C22H30N4O3/c1-3-26-16-22(13-18(21(26)27)17-7-5-4-6-8-17)9-11-25(12-10-22)14-20-23-19(15-28-2)24-29-20/h4-8,18H,3,9-16H2,1-2H3. The van der Waals surface area contributed by atoms with Gasteiger partial charge in [0.1, 0.15) is 6.61 Å². The molecular formula is C22H30N4O3. The minimum atomic E-state index is -0.0241. The Morgan fingerprint density at radius 1 is 1.24 bits per heavy atom. The van der Waals surface area contributed by atoms with Crippen LogP contribution in [0.15, 0.2) is 34.9 Å². The Labute approximate surface area is 172 Å². The summed E-state index contributed by atoms with van der Waals surface area (Å²) in [5.74, 6) is 1.49. The number of piperidine rings is 2. The Balaban J connectivity index is 1.42. The van der Waals surface area contributed by atoms with Gasteiger partial charge in [-0.3, -0.25) is 9.69 Å². The number of likely N-dealkylation sites (tertiary alicyclic amines) is 2. The van der Waals surface area contributed by atoms with Gasteiger partial charge < -0.3 is 14.2 Å². The first kappa shape index (κ1) is 20.0. The molecule has 1 aromatic heterocycles. The summed E-state index contributed by atoms with van der Waals surface area (Å²) in [6.45, 7) is 6.74. The fraction of sp³-hybridized carbons (Fsp3) is 0.591. The Morgan fingerprint density at radius 2 is 2.00 bits per heavy atom. The quantitative estimate of drug-likeness (QED) is 0.745. The molecule has 1 amide bonds. The van der Waals surface area contributed by atoms with E-state index in [1.54, 1.807) is 7.11 Å². The van der Waals surface area contributed by atoms with Crippen molar-refractivity contribution in [1.29, 1.82) is 0 Å². The van der Waals surface area contributed by atoms with Crippen molar-refractivity contribution in [3.05, 3.63) is 47.6 Å². The van der Waals surface area contributed by atoms with Crippen molar-refractivity contribution in [3.8, 4) is 0 Å². The number of amides is 1. The van der Waals surface area contributed by atoms with E-state index in [-0.39, 0.29) is 17.2 Å². The summed E-state index contributed by atoms with van der Waals surface area (Å²) in [5, 5.41) is 3.95. The normalized spacial score (nSPS) is 22.3. The van der Waals surface area contributed by atoms with Gasteiger partial charge in [-0.15, -0.1) is 0 Å². The molecule has 1 aromatic carbocycles. The molecule has 2 fully saturated rings. The van der Waals surface area contributed by atoms with Crippen molar-refractivity contribution < 1.29 is 14.1 Å². The molecule has 1 spiro atoms. The van der Waals surface area contributed by atoms with E-state index in [0.717, 1.165) is 51.0 Å². The summed E-state index contributed by atoms with van der Waals surface area (Å²) in [5.41, 5.74) is 1.34. The lowest BCUT2D eigenvalue weighted by atomic mass is 9.67. The Kier molecular flexibility index (Phi) is 5.96. The molecule has 0 radical (unpaired) electrons. The van der Waals surface area contributed by atoms with Crippen LogP contribution < -0.4 is 0 Å². The molecule has 0 N–H and O–H groups in total. The molecule has 0 saturated carbocycles. The molecule has 7 nitrogen and oxygen atoms in total. The van der Waals surface area contributed by atoms with E-state index in [9.17, 15) is 4.79 Å². The summed E-state index contributed by atoms with van der Waals surface area (Å²) in [6, 6.07) is 10.3. The van der Waals surface area contributed by atoms with Gasteiger partial charge in [-0.05, 0) is 50.3 Å². The van der Waals surface area contributed by atoms with Crippen LogP contribution in [-0.2, 0) is 22.7 Å². The minimum absolute atomic E-state index is 0.0241. The summed E-state index contributed by atoms with van der Waals surface area (Å²) >= 11 is 0. The maximum absolute atomic E-state index is 13.0. The molecule has 2 aliphatic rings. The van der Waals surface area contributed by atoms with Gasteiger partial charge in [0, 0.05) is 20.2 Å². The van der Waals surface area contributed by atoms with Gasteiger partial charge in [0.2, 0.25) is 11.8 Å². The second-order valence-corrected chi connectivity index (χ2v) is 8.33. The highest BCUT2D eigenvalue weighted by Gasteiger charge is 2.45. The lowest BCUT2D eigenvalue weighted by Gasteiger charge is -2.49. The molecule has 0 bridgehead atoms. The molecule has 4 rings (SSSR count). The second-order valence-electron chi connectivity index (χ2n) is 8.33. The van der Waals surface area contributed by atoms with Crippen molar-refractivity contribution in [2.75, 3.05) is 33.3 Å². The van der Waals surface area contributed by atoms with Crippen molar-refractivity contribution in [2.24, 2.45) is 5.41 Å². The SMILES string of the molecule is CCN1CC2(CCN(Cc3nc(COC)no3)CC2)CC(c2ccccc2)C1=O. The number of nitrogens with zero attached hydrogens (tertiary/aromatic N) is 4. The van der Waals surface area contributed by atoms with Gasteiger partial charge in [0.25, 0.3) is 0 Å². The van der Waals surface area contributed by atoms with Crippen LogP contribution in [0.25, 0.3) is 0 Å². The number of rotatable bonds is 6. The number of ether oxygens (including phenoxy) is 1. The van der Waals surface area contributed by atoms with Crippen molar-refractivity contribution in [1.82, 2.24) is 19.9 Å². The molecule has 7 heteroatoms. The Hall–Kier alpha value is -2.25. The van der Waals surface area contributed by atoms with Gasteiger partial charge in [-0.25, -0.2) is 0 Å². The van der Waals surface area contributed by atoms with Gasteiger partial charge in [-0.1, -0.05) is 35.5 Å². The van der Waals surface area contributed by atoms with Gasteiger partial charge in [-0.2, -0.15) is 4.98 Å². The van der Waals surface area contributed by atoms with E-state index in [4.69, 9.17) is 9.26 Å². The van der Waals surface area contributed by atoms with E-state index in [0.29, 0.717) is 24.9 Å². The summed E-state index contributed by atoms with van der Waals surface area (Å²) in [4.78, 5) is 21.8. The number of methoxy groups -OCH3 is 1. The third-order valence-corrected chi connectivity index (χ3v) is 6.42. The first-order chi connectivity index (χ1) is 14.1. The molecule has 0 aliphatic carbocycles. The second kappa shape index (κ2) is 8.63. The molecular weight excluding hydrogens is 368 g/mol. The van der Waals surface area contributed by atoms with Crippen LogP contribution in [0.5, 0.6) is 0 Å². The largest absolute Gasteiger partial charge is 0.377 e. The molecule has 2 saturated heterocycles. The zero-order valence-electron chi connectivity index (χ0n) is 17.3. The Morgan fingerprint density at radius 3 is 2.69 bits per heavy atom.